The van der Waals surface area contributed by atoms with E-state index in [2.05, 4.69) is 0 Å². The summed E-state index contributed by atoms with van der Waals surface area (Å²) in [5.41, 5.74) is 0.890. The Balaban J connectivity index is 2.29. The molecular formula is C18H26F2O3. The minimum Gasteiger partial charge on any atom is -0.490 e. The Labute approximate surface area is 137 Å². The third kappa shape index (κ3) is 7.08. The molecule has 0 amide bonds. The van der Waals surface area contributed by atoms with E-state index in [1.807, 2.05) is 13.8 Å². The molecule has 1 aromatic rings. The molecule has 1 atom stereocenters. The summed E-state index contributed by atoms with van der Waals surface area (Å²) in [5.74, 6) is -0.253. The second-order valence-corrected chi connectivity index (χ2v) is 6.22. The molecule has 0 fully saturated rings. The molecule has 0 bridgehead atoms. The van der Waals surface area contributed by atoms with Crippen LogP contribution in [0, 0.1) is 11.7 Å². The number of carbonyl (C=O) groups is 1. The summed E-state index contributed by atoms with van der Waals surface area (Å²) < 4.78 is 37.7. The van der Waals surface area contributed by atoms with E-state index in [0.29, 0.717) is 0 Å². The van der Waals surface area contributed by atoms with E-state index in [0.717, 1.165) is 5.56 Å². The number of ketones is 1. The molecule has 0 aromatic heterocycles. The number of carbonyl (C=O) groups excluding carboxylic acids is 1. The minimum atomic E-state index is -1.24. The molecule has 0 N–H and O–H groups in total. The largest absolute Gasteiger partial charge is 0.490 e. The zero-order valence-corrected chi connectivity index (χ0v) is 14.3. The van der Waals surface area contributed by atoms with Crippen molar-refractivity contribution in [2.45, 2.75) is 46.2 Å². The molecule has 1 unspecified atom stereocenters. The first kappa shape index (κ1) is 19.6. The normalized spacial score (nSPS) is 12.7. The monoisotopic (exact) mass is 328 g/mol. The highest BCUT2D eigenvalue weighted by atomic mass is 19.1. The lowest BCUT2D eigenvalue weighted by Gasteiger charge is -2.12. The third-order valence-corrected chi connectivity index (χ3v) is 3.50. The van der Waals surface area contributed by atoms with Crippen LogP contribution in [0.2, 0.25) is 0 Å². The van der Waals surface area contributed by atoms with Crippen LogP contribution in [0.3, 0.4) is 0 Å². The van der Waals surface area contributed by atoms with Crippen LogP contribution >= 0.6 is 0 Å². The highest BCUT2D eigenvalue weighted by molar-refractivity contribution is 5.81. The van der Waals surface area contributed by atoms with Crippen LogP contribution in [-0.2, 0) is 9.53 Å². The minimum absolute atomic E-state index is 0.0548. The summed E-state index contributed by atoms with van der Waals surface area (Å²) in [6, 6.07) is 4.81. The zero-order valence-electron chi connectivity index (χ0n) is 14.3. The van der Waals surface area contributed by atoms with E-state index in [1.54, 1.807) is 26.0 Å². The molecule has 0 aliphatic rings. The van der Waals surface area contributed by atoms with Crippen LogP contribution in [-0.4, -0.2) is 31.8 Å². The quantitative estimate of drug-likeness (QED) is 0.642. The van der Waals surface area contributed by atoms with Gasteiger partial charge in [-0.15, -0.1) is 0 Å². The van der Waals surface area contributed by atoms with Crippen molar-refractivity contribution in [3.8, 4) is 5.75 Å². The van der Waals surface area contributed by atoms with Gasteiger partial charge in [0.25, 0.3) is 0 Å². The average molecular weight is 328 g/mol. The van der Waals surface area contributed by atoms with Gasteiger partial charge in [-0.25, -0.2) is 8.78 Å². The lowest BCUT2D eigenvalue weighted by atomic mass is 10.0. The van der Waals surface area contributed by atoms with Crippen molar-refractivity contribution in [1.29, 1.82) is 0 Å². The number of alkyl halides is 1. The van der Waals surface area contributed by atoms with E-state index < -0.39 is 12.0 Å². The molecule has 1 rings (SSSR count). The Morgan fingerprint density at radius 2 is 1.91 bits per heavy atom. The first-order valence-electron chi connectivity index (χ1n) is 7.98. The van der Waals surface area contributed by atoms with Crippen LogP contribution in [0.1, 0.15) is 45.6 Å². The topological polar surface area (TPSA) is 35.5 Å². The maximum absolute atomic E-state index is 13.8. The van der Waals surface area contributed by atoms with Gasteiger partial charge in [0.2, 0.25) is 0 Å². The lowest BCUT2D eigenvalue weighted by molar-refractivity contribution is -0.127. The van der Waals surface area contributed by atoms with Crippen molar-refractivity contribution in [2.24, 2.45) is 5.92 Å². The van der Waals surface area contributed by atoms with Crippen molar-refractivity contribution in [3.63, 3.8) is 0 Å². The van der Waals surface area contributed by atoms with Crippen molar-refractivity contribution < 1.29 is 23.0 Å². The van der Waals surface area contributed by atoms with Gasteiger partial charge in [-0.05, 0) is 23.6 Å². The van der Waals surface area contributed by atoms with Crippen LogP contribution in [0.15, 0.2) is 18.2 Å². The van der Waals surface area contributed by atoms with Gasteiger partial charge in [0.15, 0.2) is 17.3 Å². The first-order chi connectivity index (χ1) is 10.8. The highest BCUT2D eigenvalue weighted by Crippen LogP contribution is 2.23. The first-order valence-corrected chi connectivity index (χ1v) is 7.98. The summed E-state index contributed by atoms with van der Waals surface area (Å²) in [6.45, 7) is 7.32. The van der Waals surface area contributed by atoms with Crippen LogP contribution < -0.4 is 4.74 Å². The Hall–Kier alpha value is -1.49. The summed E-state index contributed by atoms with van der Waals surface area (Å²) in [7, 11) is 0. The van der Waals surface area contributed by atoms with Gasteiger partial charge in [0, 0.05) is 12.3 Å². The second-order valence-electron chi connectivity index (χ2n) is 6.22. The molecule has 3 nitrogen and oxygen atoms in total. The van der Waals surface area contributed by atoms with Gasteiger partial charge >= 0.3 is 0 Å². The van der Waals surface area contributed by atoms with Gasteiger partial charge in [0.05, 0.1) is 13.2 Å². The van der Waals surface area contributed by atoms with E-state index in [9.17, 15) is 13.6 Å². The fraction of sp³-hybridized carbons (Fsp3) is 0.611. The molecule has 0 spiro atoms. The second kappa shape index (κ2) is 9.60. The number of hydrogen-bond acceptors (Lipinski definition) is 3. The van der Waals surface area contributed by atoms with Crippen LogP contribution in [0.5, 0.6) is 5.75 Å². The van der Waals surface area contributed by atoms with Gasteiger partial charge in [-0.1, -0.05) is 33.8 Å². The number of Topliss-reactive ketones (excluding diaryl/α,β-unsaturated/α-hetero) is 1. The van der Waals surface area contributed by atoms with Gasteiger partial charge in [-0.3, -0.25) is 4.79 Å². The predicted octanol–water partition coefficient (Wildman–Crippen LogP) is 4.30. The highest BCUT2D eigenvalue weighted by Gasteiger charge is 2.12. The number of ether oxygens (including phenoxy) is 2. The van der Waals surface area contributed by atoms with E-state index >= 15 is 0 Å². The molecule has 0 saturated carbocycles. The maximum Gasteiger partial charge on any atom is 0.165 e. The van der Waals surface area contributed by atoms with Crippen molar-refractivity contribution in [2.75, 3.05) is 19.8 Å². The number of halogens is 2. The summed E-state index contributed by atoms with van der Waals surface area (Å²) in [6.07, 6.45) is -1.16. The zero-order chi connectivity index (χ0) is 17.4. The SMILES string of the molecule is CC(C)C(=O)COCC(F)CCOc1ccc(C(C)C)cc1F. The molecule has 0 saturated heterocycles. The Morgan fingerprint density at radius 3 is 2.48 bits per heavy atom. The fourth-order valence-corrected chi connectivity index (χ4v) is 1.83. The molecule has 0 aliphatic heterocycles. The molecule has 23 heavy (non-hydrogen) atoms. The van der Waals surface area contributed by atoms with E-state index in [4.69, 9.17) is 9.47 Å². The fourth-order valence-electron chi connectivity index (χ4n) is 1.83. The molecular weight excluding hydrogens is 302 g/mol. The summed E-state index contributed by atoms with van der Waals surface area (Å²) in [4.78, 5) is 11.3. The molecule has 0 radical (unpaired) electrons. The van der Waals surface area contributed by atoms with Gasteiger partial charge < -0.3 is 9.47 Å². The van der Waals surface area contributed by atoms with Crippen molar-refractivity contribution in [3.05, 3.63) is 29.6 Å². The molecule has 1 aromatic carbocycles. The number of rotatable bonds is 10. The van der Waals surface area contributed by atoms with E-state index in [1.165, 1.54) is 6.07 Å². The maximum atomic E-state index is 13.8. The Kier molecular flexibility index (Phi) is 8.17. The van der Waals surface area contributed by atoms with Crippen molar-refractivity contribution >= 4 is 5.78 Å². The van der Waals surface area contributed by atoms with Crippen LogP contribution in [0.25, 0.3) is 0 Å². The Bertz CT molecular complexity index is 501. The predicted molar refractivity (Wildman–Crippen MR) is 86.2 cm³/mol. The van der Waals surface area contributed by atoms with Crippen molar-refractivity contribution in [1.82, 2.24) is 0 Å². The third-order valence-electron chi connectivity index (χ3n) is 3.50. The van der Waals surface area contributed by atoms with E-state index in [-0.39, 0.29) is 49.6 Å². The molecule has 0 heterocycles. The van der Waals surface area contributed by atoms with Gasteiger partial charge in [0.1, 0.15) is 12.8 Å². The van der Waals surface area contributed by atoms with Crippen LogP contribution in [0.4, 0.5) is 8.78 Å². The summed E-state index contributed by atoms with van der Waals surface area (Å²) in [5, 5.41) is 0. The standard InChI is InChI=1S/C18H26F2O3/c1-12(2)14-5-6-18(16(20)9-14)23-8-7-15(19)10-22-11-17(21)13(3)4/h5-6,9,12-13,15H,7-8,10-11H2,1-4H3. The molecule has 130 valence electrons. The smallest absolute Gasteiger partial charge is 0.165 e. The summed E-state index contributed by atoms with van der Waals surface area (Å²) >= 11 is 0. The lowest BCUT2D eigenvalue weighted by Crippen LogP contribution is -2.20. The molecule has 0 aliphatic carbocycles. The number of benzene rings is 1. The Morgan fingerprint density at radius 1 is 1.22 bits per heavy atom. The average Bonchev–Trinajstić information content (AvgIpc) is 2.48. The number of hydrogen-bond donors (Lipinski definition) is 0. The van der Waals surface area contributed by atoms with Gasteiger partial charge in [-0.2, -0.15) is 0 Å². The molecule has 5 heteroatoms.